The molecule has 142 valence electrons. The van der Waals surface area contributed by atoms with Gasteiger partial charge in [0.25, 0.3) is 0 Å². The van der Waals surface area contributed by atoms with E-state index in [1.54, 1.807) is 25.1 Å². The van der Waals surface area contributed by atoms with E-state index in [0.29, 0.717) is 25.1 Å². The van der Waals surface area contributed by atoms with E-state index in [4.69, 9.17) is 4.74 Å². The zero-order valence-corrected chi connectivity index (χ0v) is 15.3. The van der Waals surface area contributed by atoms with Gasteiger partial charge in [-0.1, -0.05) is 19.1 Å². The van der Waals surface area contributed by atoms with E-state index in [1.165, 1.54) is 37.1 Å². The quantitative estimate of drug-likeness (QED) is 0.413. The van der Waals surface area contributed by atoms with Crippen molar-refractivity contribution in [2.45, 2.75) is 20.3 Å². The molecular formula is C19H25FN2O4. The third-order valence-corrected chi connectivity index (χ3v) is 3.68. The van der Waals surface area contributed by atoms with Crippen LogP contribution in [0, 0.1) is 11.7 Å². The molecule has 1 atom stereocenters. The van der Waals surface area contributed by atoms with E-state index in [9.17, 15) is 18.8 Å². The molecule has 0 bridgehead atoms. The number of carbonyl (C=O) groups is 3. The first-order valence-electron chi connectivity index (χ1n) is 8.38. The van der Waals surface area contributed by atoms with Gasteiger partial charge >= 0.3 is 5.97 Å². The van der Waals surface area contributed by atoms with Crippen molar-refractivity contribution >= 4 is 23.9 Å². The maximum absolute atomic E-state index is 12.9. The first-order chi connectivity index (χ1) is 12.3. The number of methoxy groups -OCH3 is 1. The van der Waals surface area contributed by atoms with E-state index in [-0.39, 0.29) is 24.2 Å². The highest BCUT2D eigenvalue weighted by Gasteiger charge is 2.20. The Morgan fingerprint density at radius 1 is 1.27 bits per heavy atom. The summed E-state index contributed by atoms with van der Waals surface area (Å²) in [7, 11) is 1.30. The third-order valence-electron chi connectivity index (χ3n) is 3.68. The molecule has 1 N–H and O–H groups in total. The molecule has 1 aromatic carbocycles. The lowest BCUT2D eigenvalue weighted by molar-refractivity contribution is -0.146. The minimum absolute atomic E-state index is 0.137. The molecule has 1 rings (SSSR count). The molecule has 0 saturated carbocycles. The second kappa shape index (κ2) is 11.0. The Morgan fingerprint density at radius 2 is 1.92 bits per heavy atom. The van der Waals surface area contributed by atoms with Gasteiger partial charge in [0.05, 0.1) is 13.0 Å². The monoisotopic (exact) mass is 364 g/mol. The van der Waals surface area contributed by atoms with Crippen LogP contribution in [0.2, 0.25) is 0 Å². The summed E-state index contributed by atoms with van der Waals surface area (Å²) in [6.45, 7) is 4.14. The maximum Gasteiger partial charge on any atom is 0.310 e. The summed E-state index contributed by atoms with van der Waals surface area (Å²) in [5, 5.41) is 2.67. The normalized spacial score (nSPS) is 11.8. The van der Waals surface area contributed by atoms with Crippen molar-refractivity contribution in [3.05, 3.63) is 41.7 Å². The first kappa shape index (κ1) is 21.3. The summed E-state index contributed by atoms with van der Waals surface area (Å²) in [6.07, 6.45) is 3.53. The predicted molar refractivity (Wildman–Crippen MR) is 96.5 cm³/mol. The largest absolute Gasteiger partial charge is 0.469 e. The Kier molecular flexibility index (Phi) is 9.05. The summed E-state index contributed by atoms with van der Waals surface area (Å²) < 4.78 is 17.6. The van der Waals surface area contributed by atoms with Gasteiger partial charge in [0.2, 0.25) is 11.8 Å². The zero-order valence-electron chi connectivity index (χ0n) is 15.3. The average molecular weight is 364 g/mol. The fraction of sp³-hybridized carbons (Fsp3) is 0.421. The van der Waals surface area contributed by atoms with E-state index in [0.717, 1.165) is 0 Å². The molecular weight excluding hydrogens is 339 g/mol. The lowest BCUT2D eigenvalue weighted by Gasteiger charge is -2.24. The van der Waals surface area contributed by atoms with E-state index >= 15 is 0 Å². The smallest absolute Gasteiger partial charge is 0.310 e. The van der Waals surface area contributed by atoms with Gasteiger partial charge in [-0.05, 0) is 30.2 Å². The molecule has 0 radical (unpaired) electrons. The molecule has 0 aliphatic heterocycles. The number of amides is 2. The molecule has 1 unspecified atom stereocenters. The number of hydrogen-bond donors (Lipinski definition) is 1. The number of benzene rings is 1. The topological polar surface area (TPSA) is 75.7 Å². The number of nitrogens with zero attached hydrogens (tertiary/aromatic N) is 1. The molecule has 0 saturated heterocycles. The minimum atomic E-state index is -0.469. The Morgan fingerprint density at radius 3 is 2.50 bits per heavy atom. The van der Waals surface area contributed by atoms with Crippen LogP contribution in [-0.4, -0.2) is 49.4 Å². The third kappa shape index (κ3) is 7.92. The van der Waals surface area contributed by atoms with Crippen molar-refractivity contribution in [3.8, 4) is 0 Å². The number of rotatable bonds is 9. The van der Waals surface area contributed by atoms with Gasteiger partial charge in [-0.15, -0.1) is 0 Å². The highest BCUT2D eigenvalue weighted by Crippen LogP contribution is 2.08. The molecule has 0 spiro atoms. The van der Waals surface area contributed by atoms with Crippen LogP contribution < -0.4 is 5.32 Å². The van der Waals surface area contributed by atoms with Gasteiger partial charge in [0.15, 0.2) is 0 Å². The Bertz CT molecular complexity index is 643. The number of halogens is 1. The Hall–Kier alpha value is -2.70. The van der Waals surface area contributed by atoms with Gasteiger partial charge in [0.1, 0.15) is 5.82 Å². The van der Waals surface area contributed by atoms with Crippen molar-refractivity contribution in [3.63, 3.8) is 0 Å². The van der Waals surface area contributed by atoms with Crippen molar-refractivity contribution in [2.24, 2.45) is 5.92 Å². The molecule has 1 aromatic rings. The summed E-state index contributed by atoms with van der Waals surface area (Å²) in [5.74, 6) is -1.62. The van der Waals surface area contributed by atoms with Crippen molar-refractivity contribution in [1.82, 2.24) is 10.2 Å². The highest BCUT2D eigenvalue weighted by atomic mass is 19.1. The van der Waals surface area contributed by atoms with Gasteiger partial charge in [-0.25, -0.2) is 4.39 Å². The zero-order chi connectivity index (χ0) is 19.5. The van der Waals surface area contributed by atoms with Gasteiger partial charge in [-0.2, -0.15) is 0 Å². The fourth-order valence-corrected chi connectivity index (χ4v) is 2.28. The van der Waals surface area contributed by atoms with Gasteiger partial charge in [0, 0.05) is 32.6 Å². The van der Waals surface area contributed by atoms with Crippen molar-refractivity contribution in [1.29, 1.82) is 0 Å². The van der Waals surface area contributed by atoms with Crippen LogP contribution in [0.5, 0.6) is 0 Å². The van der Waals surface area contributed by atoms with Crippen molar-refractivity contribution in [2.75, 3.05) is 26.7 Å². The molecule has 0 fully saturated rings. The van der Waals surface area contributed by atoms with Crippen molar-refractivity contribution < 1.29 is 23.5 Å². The van der Waals surface area contributed by atoms with Crippen LogP contribution in [0.3, 0.4) is 0 Å². The number of hydrogen-bond acceptors (Lipinski definition) is 4. The highest BCUT2D eigenvalue weighted by molar-refractivity contribution is 5.92. The maximum atomic E-state index is 12.9. The molecule has 0 aliphatic carbocycles. The summed E-state index contributed by atoms with van der Waals surface area (Å²) in [5.41, 5.74) is 0.693. The lowest BCUT2D eigenvalue weighted by Crippen LogP contribution is -2.38. The fourth-order valence-electron chi connectivity index (χ4n) is 2.28. The second-order valence-corrected chi connectivity index (χ2v) is 5.93. The number of esters is 1. The van der Waals surface area contributed by atoms with E-state index in [1.807, 2.05) is 0 Å². The number of carbonyl (C=O) groups excluding carboxylic acids is 3. The predicted octanol–water partition coefficient (Wildman–Crippen LogP) is 2.00. The lowest BCUT2D eigenvalue weighted by atomic mass is 10.1. The molecule has 2 amide bonds. The van der Waals surface area contributed by atoms with Crippen LogP contribution in [-0.2, 0) is 19.1 Å². The standard InChI is InChI=1S/C19H25FN2O4/c1-14(19(25)26-3)13-22(12-4-11-21-15(2)23)18(24)10-7-16-5-8-17(20)9-6-16/h5-10,14H,4,11-13H2,1-3H3,(H,21,23)/b10-7+. The molecule has 0 aromatic heterocycles. The number of ether oxygens (including phenoxy) is 1. The van der Waals surface area contributed by atoms with Crippen LogP contribution in [0.4, 0.5) is 4.39 Å². The minimum Gasteiger partial charge on any atom is -0.469 e. The summed E-state index contributed by atoms with van der Waals surface area (Å²) in [4.78, 5) is 36.6. The van der Waals surface area contributed by atoms with Crippen LogP contribution in [0.15, 0.2) is 30.3 Å². The van der Waals surface area contributed by atoms with Gasteiger partial charge < -0.3 is 15.0 Å². The molecule has 0 heterocycles. The van der Waals surface area contributed by atoms with Crippen LogP contribution in [0.1, 0.15) is 25.8 Å². The van der Waals surface area contributed by atoms with Gasteiger partial charge in [-0.3, -0.25) is 14.4 Å². The van der Waals surface area contributed by atoms with E-state index < -0.39 is 11.9 Å². The van der Waals surface area contributed by atoms with E-state index in [2.05, 4.69) is 5.32 Å². The average Bonchev–Trinajstić information content (AvgIpc) is 2.62. The van der Waals surface area contributed by atoms with Crippen LogP contribution in [0.25, 0.3) is 6.08 Å². The molecule has 26 heavy (non-hydrogen) atoms. The SMILES string of the molecule is COC(=O)C(C)CN(CCCNC(C)=O)C(=O)/C=C/c1ccc(F)cc1. The molecule has 0 aliphatic rings. The number of nitrogens with one attached hydrogen (secondary N) is 1. The summed E-state index contributed by atoms with van der Waals surface area (Å²) >= 11 is 0. The Labute approximate surface area is 153 Å². The second-order valence-electron chi connectivity index (χ2n) is 5.93. The first-order valence-corrected chi connectivity index (χ1v) is 8.38. The van der Waals surface area contributed by atoms with Crippen LogP contribution >= 0.6 is 0 Å². The molecule has 6 nitrogen and oxygen atoms in total. The summed E-state index contributed by atoms with van der Waals surface area (Å²) in [6, 6.07) is 5.76. The molecule has 7 heteroatoms. The Balaban J connectivity index is 2.73.